The molecule has 1 saturated heterocycles. The molecule has 0 atom stereocenters. The highest BCUT2D eigenvalue weighted by Crippen LogP contribution is 2.23. The van der Waals surface area contributed by atoms with Crippen molar-refractivity contribution in [2.45, 2.75) is 27.2 Å². The fourth-order valence-corrected chi connectivity index (χ4v) is 3.42. The molecule has 1 aliphatic heterocycles. The number of amides is 1. The first-order valence-electron chi connectivity index (χ1n) is 9.50. The summed E-state index contributed by atoms with van der Waals surface area (Å²) in [6.07, 6.45) is 1.03. The van der Waals surface area contributed by atoms with Gasteiger partial charge in [0, 0.05) is 37.6 Å². The highest BCUT2D eigenvalue weighted by Gasteiger charge is 2.22. The number of benzene rings is 2. The van der Waals surface area contributed by atoms with E-state index in [9.17, 15) is 4.79 Å². The lowest BCUT2D eigenvalue weighted by Crippen LogP contribution is -2.50. The number of nitrogens with zero attached hydrogens (tertiary/aromatic N) is 2. The van der Waals surface area contributed by atoms with Gasteiger partial charge in [0.15, 0.2) is 0 Å². The molecule has 1 fully saturated rings. The van der Waals surface area contributed by atoms with E-state index in [-0.39, 0.29) is 5.91 Å². The van der Waals surface area contributed by atoms with Crippen LogP contribution in [0.5, 0.6) is 0 Å². The molecule has 138 valence electrons. The van der Waals surface area contributed by atoms with Crippen LogP contribution < -0.4 is 10.2 Å². The van der Waals surface area contributed by atoms with Crippen LogP contribution in [-0.4, -0.2) is 43.5 Å². The van der Waals surface area contributed by atoms with Gasteiger partial charge in [0.1, 0.15) is 0 Å². The van der Waals surface area contributed by atoms with E-state index in [1.807, 2.05) is 17.0 Å². The zero-order valence-electron chi connectivity index (χ0n) is 16.1. The lowest BCUT2D eigenvalue weighted by atomic mass is 10.1. The van der Waals surface area contributed by atoms with E-state index >= 15 is 0 Å². The highest BCUT2D eigenvalue weighted by atomic mass is 16.2. The van der Waals surface area contributed by atoms with Crippen molar-refractivity contribution in [1.82, 2.24) is 4.90 Å². The molecule has 0 aromatic heterocycles. The normalized spacial score (nSPS) is 14.4. The molecule has 2 aromatic carbocycles. The minimum Gasteiger partial charge on any atom is -0.376 e. The second-order valence-electron chi connectivity index (χ2n) is 6.99. The summed E-state index contributed by atoms with van der Waals surface area (Å²) < 4.78 is 0. The minimum atomic E-state index is 0.171. The average molecular weight is 351 g/mol. The van der Waals surface area contributed by atoms with E-state index in [1.54, 1.807) is 0 Å². The first-order chi connectivity index (χ1) is 12.6. The monoisotopic (exact) mass is 351 g/mol. The maximum Gasteiger partial charge on any atom is 0.241 e. The van der Waals surface area contributed by atoms with Crippen LogP contribution in [0.3, 0.4) is 0 Å². The van der Waals surface area contributed by atoms with Gasteiger partial charge in [0.25, 0.3) is 0 Å². The van der Waals surface area contributed by atoms with Crippen LogP contribution in [0, 0.1) is 13.8 Å². The quantitative estimate of drug-likeness (QED) is 0.893. The average Bonchev–Trinajstić information content (AvgIpc) is 2.69. The number of carbonyl (C=O) groups excluding carboxylic acids is 1. The Morgan fingerprint density at radius 3 is 2.35 bits per heavy atom. The van der Waals surface area contributed by atoms with Gasteiger partial charge in [-0.15, -0.1) is 0 Å². The van der Waals surface area contributed by atoms with E-state index < -0.39 is 0 Å². The second kappa shape index (κ2) is 8.26. The summed E-state index contributed by atoms with van der Waals surface area (Å²) in [6, 6.07) is 14.8. The largest absolute Gasteiger partial charge is 0.376 e. The SMILES string of the molecule is CCc1ccc(NCC(=O)N2CCN(c3cccc(C)c3C)CC2)cc1. The summed E-state index contributed by atoms with van der Waals surface area (Å²) in [4.78, 5) is 16.9. The second-order valence-corrected chi connectivity index (χ2v) is 6.99. The van der Waals surface area contributed by atoms with Gasteiger partial charge >= 0.3 is 0 Å². The number of hydrogen-bond donors (Lipinski definition) is 1. The number of carbonyl (C=O) groups is 1. The highest BCUT2D eigenvalue weighted by molar-refractivity contribution is 5.81. The predicted molar refractivity (Wildman–Crippen MR) is 109 cm³/mol. The van der Waals surface area contributed by atoms with Gasteiger partial charge in [-0.2, -0.15) is 0 Å². The van der Waals surface area contributed by atoms with E-state index in [0.29, 0.717) is 6.54 Å². The number of piperazine rings is 1. The Hall–Kier alpha value is -2.49. The van der Waals surface area contributed by atoms with Crippen molar-refractivity contribution in [3.05, 3.63) is 59.2 Å². The summed E-state index contributed by atoms with van der Waals surface area (Å²) in [5, 5.41) is 3.25. The Morgan fingerprint density at radius 2 is 1.69 bits per heavy atom. The number of hydrogen-bond acceptors (Lipinski definition) is 3. The van der Waals surface area contributed by atoms with Gasteiger partial charge < -0.3 is 15.1 Å². The summed E-state index contributed by atoms with van der Waals surface area (Å²) in [5.41, 5.74) is 6.27. The molecule has 4 heteroatoms. The Kier molecular flexibility index (Phi) is 5.82. The van der Waals surface area contributed by atoms with Crippen LogP contribution >= 0.6 is 0 Å². The molecule has 1 heterocycles. The van der Waals surface area contributed by atoms with Gasteiger partial charge in [-0.05, 0) is 55.2 Å². The molecule has 0 radical (unpaired) electrons. The van der Waals surface area contributed by atoms with Gasteiger partial charge in [0.2, 0.25) is 5.91 Å². The summed E-state index contributed by atoms with van der Waals surface area (Å²) in [6.45, 7) is 10.2. The minimum absolute atomic E-state index is 0.171. The molecule has 3 rings (SSSR count). The van der Waals surface area contributed by atoms with Gasteiger partial charge in [0.05, 0.1) is 6.54 Å². The molecule has 26 heavy (non-hydrogen) atoms. The molecule has 2 aromatic rings. The van der Waals surface area contributed by atoms with Crippen molar-refractivity contribution in [3.63, 3.8) is 0 Å². The van der Waals surface area contributed by atoms with Gasteiger partial charge in [-0.3, -0.25) is 4.79 Å². The Morgan fingerprint density at radius 1 is 1.00 bits per heavy atom. The molecule has 4 nitrogen and oxygen atoms in total. The lowest BCUT2D eigenvalue weighted by molar-refractivity contribution is -0.129. The van der Waals surface area contributed by atoms with Crippen molar-refractivity contribution in [2.24, 2.45) is 0 Å². The Labute approximate surface area is 156 Å². The maximum absolute atomic E-state index is 12.5. The molecule has 0 bridgehead atoms. The number of rotatable bonds is 5. The van der Waals surface area contributed by atoms with Crippen molar-refractivity contribution in [2.75, 3.05) is 42.9 Å². The van der Waals surface area contributed by atoms with Crippen LogP contribution in [0.2, 0.25) is 0 Å². The molecule has 0 unspecified atom stereocenters. The van der Waals surface area contributed by atoms with E-state index in [2.05, 4.69) is 61.3 Å². The molecule has 1 amide bonds. The van der Waals surface area contributed by atoms with Gasteiger partial charge in [-0.25, -0.2) is 0 Å². The topological polar surface area (TPSA) is 35.6 Å². The standard InChI is InChI=1S/C22H29N3O/c1-4-19-8-10-20(11-9-19)23-16-22(26)25-14-12-24(13-15-25)21-7-5-6-17(2)18(21)3/h5-11,23H,4,12-16H2,1-3H3. The fraction of sp³-hybridized carbons (Fsp3) is 0.409. The summed E-state index contributed by atoms with van der Waals surface area (Å²) >= 11 is 0. The van der Waals surface area contributed by atoms with E-state index in [4.69, 9.17) is 0 Å². The third-order valence-electron chi connectivity index (χ3n) is 5.36. The van der Waals surface area contributed by atoms with Crippen LogP contribution in [0.25, 0.3) is 0 Å². The molecule has 0 aliphatic carbocycles. The third kappa shape index (κ3) is 4.18. The smallest absolute Gasteiger partial charge is 0.241 e. The molecule has 1 aliphatic rings. The maximum atomic E-state index is 12.5. The summed E-state index contributed by atoms with van der Waals surface area (Å²) in [7, 11) is 0. The number of anilines is 2. The Balaban J connectivity index is 1.51. The number of nitrogens with one attached hydrogen (secondary N) is 1. The van der Waals surface area contributed by atoms with E-state index in [0.717, 1.165) is 38.3 Å². The lowest BCUT2D eigenvalue weighted by Gasteiger charge is -2.37. The fourth-order valence-electron chi connectivity index (χ4n) is 3.42. The van der Waals surface area contributed by atoms with Crippen molar-refractivity contribution in [3.8, 4) is 0 Å². The molecular weight excluding hydrogens is 322 g/mol. The first kappa shape index (κ1) is 18.3. The first-order valence-corrected chi connectivity index (χ1v) is 9.50. The summed E-state index contributed by atoms with van der Waals surface area (Å²) in [5.74, 6) is 0.171. The molecular formula is C22H29N3O. The Bertz CT molecular complexity index is 746. The van der Waals surface area contributed by atoms with Crippen LogP contribution in [0.4, 0.5) is 11.4 Å². The zero-order chi connectivity index (χ0) is 18.5. The van der Waals surface area contributed by atoms with Crippen LogP contribution in [0.1, 0.15) is 23.6 Å². The van der Waals surface area contributed by atoms with E-state index in [1.165, 1.54) is 22.4 Å². The third-order valence-corrected chi connectivity index (χ3v) is 5.36. The predicted octanol–water partition coefficient (Wildman–Crippen LogP) is 3.63. The van der Waals surface area contributed by atoms with Crippen molar-refractivity contribution < 1.29 is 4.79 Å². The van der Waals surface area contributed by atoms with Gasteiger partial charge in [-0.1, -0.05) is 31.2 Å². The van der Waals surface area contributed by atoms with Crippen molar-refractivity contribution >= 4 is 17.3 Å². The van der Waals surface area contributed by atoms with Crippen molar-refractivity contribution in [1.29, 1.82) is 0 Å². The molecule has 1 N–H and O–H groups in total. The molecule has 0 saturated carbocycles. The van der Waals surface area contributed by atoms with Crippen LogP contribution in [-0.2, 0) is 11.2 Å². The zero-order valence-corrected chi connectivity index (χ0v) is 16.1. The van der Waals surface area contributed by atoms with Crippen LogP contribution in [0.15, 0.2) is 42.5 Å². The molecule has 0 spiro atoms. The number of aryl methyl sites for hydroxylation is 2.